The van der Waals surface area contributed by atoms with Crippen LogP contribution >= 0.6 is 0 Å². The molecule has 1 saturated heterocycles. The monoisotopic (exact) mass is 720 g/mol. The number of nitrogen functional groups attached to an aromatic ring is 1. The minimum atomic E-state index is -0.759. The molecular formula is C41H64N6O5. The summed E-state index contributed by atoms with van der Waals surface area (Å²) in [7, 11) is 0. The van der Waals surface area contributed by atoms with Gasteiger partial charge in [-0.1, -0.05) is 53.2 Å². The predicted octanol–water partition coefficient (Wildman–Crippen LogP) is 5.99. The summed E-state index contributed by atoms with van der Waals surface area (Å²) in [6, 6.07) is 6.48. The molecule has 0 saturated carbocycles. The first-order chi connectivity index (χ1) is 24.4. The van der Waals surface area contributed by atoms with Gasteiger partial charge in [-0.3, -0.25) is 29.2 Å². The average Bonchev–Trinajstić information content (AvgIpc) is 3.46. The number of anilines is 1. The molecule has 4 N–H and O–H groups in total. The molecule has 1 aromatic heterocycles. The normalized spacial score (nSPS) is 16.2. The summed E-state index contributed by atoms with van der Waals surface area (Å²) in [6.45, 7) is 21.8. The molecule has 2 aromatic rings. The molecule has 0 atom stereocenters. The van der Waals surface area contributed by atoms with E-state index in [9.17, 15) is 14.4 Å². The highest BCUT2D eigenvalue weighted by atomic mass is 16.3. The number of imide groups is 1. The minimum Gasteiger partial charge on any atom is -0.396 e. The minimum absolute atomic E-state index is 0.0694. The topological polar surface area (TPSA) is 153 Å². The largest absolute Gasteiger partial charge is 0.396 e. The number of rotatable bonds is 15. The molecule has 0 bridgehead atoms. The number of piperazine rings is 1. The lowest BCUT2D eigenvalue weighted by Crippen LogP contribution is -2.55. The molecule has 0 unspecified atom stereocenters. The van der Waals surface area contributed by atoms with Crippen molar-refractivity contribution in [3.8, 4) is 0 Å². The van der Waals surface area contributed by atoms with E-state index >= 15 is 0 Å². The molecule has 2 aliphatic heterocycles. The van der Waals surface area contributed by atoms with Crippen LogP contribution in [0, 0.1) is 17.8 Å². The average molecular weight is 721 g/mol. The van der Waals surface area contributed by atoms with Gasteiger partial charge in [-0.15, -0.1) is 0 Å². The van der Waals surface area contributed by atoms with Crippen molar-refractivity contribution in [1.82, 2.24) is 19.7 Å². The van der Waals surface area contributed by atoms with Crippen LogP contribution in [-0.2, 0) is 20.8 Å². The number of unbranched alkanes of at least 4 members (excludes halogenated alkanes) is 1. The van der Waals surface area contributed by atoms with Crippen LogP contribution in [0.4, 0.5) is 11.5 Å². The van der Waals surface area contributed by atoms with E-state index in [1.54, 1.807) is 0 Å². The quantitative estimate of drug-likeness (QED) is 0.150. The van der Waals surface area contributed by atoms with Crippen LogP contribution in [-0.4, -0.2) is 105 Å². The summed E-state index contributed by atoms with van der Waals surface area (Å²) in [4.78, 5) is 53.2. The van der Waals surface area contributed by atoms with E-state index in [0.29, 0.717) is 25.3 Å². The zero-order chi connectivity index (χ0) is 38.9. The maximum atomic E-state index is 13.5. The molecule has 288 valence electrons. The lowest BCUT2D eigenvalue weighted by molar-refractivity contribution is -0.150. The zero-order valence-electron chi connectivity index (χ0n) is 33.2. The van der Waals surface area contributed by atoms with Gasteiger partial charge in [-0.25, -0.2) is 4.98 Å². The Labute approximate surface area is 311 Å². The number of hydrogen-bond acceptors (Lipinski definition) is 9. The Morgan fingerprint density at radius 1 is 0.962 bits per heavy atom. The number of aliphatic imine (C=N–C) groups is 1. The van der Waals surface area contributed by atoms with Crippen molar-refractivity contribution in [2.75, 3.05) is 51.7 Å². The number of amides is 3. The molecule has 1 aromatic carbocycles. The lowest BCUT2D eigenvalue weighted by Gasteiger charge is -2.43. The second-order valence-corrected chi connectivity index (χ2v) is 16.2. The van der Waals surface area contributed by atoms with Gasteiger partial charge in [0.2, 0.25) is 5.91 Å². The Bertz CT molecular complexity index is 1590. The summed E-state index contributed by atoms with van der Waals surface area (Å²) < 4.78 is 0. The number of carbonyl (C=O) groups excluding carboxylic acids is 3. The first-order valence-electron chi connectivity index (χ1n) is 18.9. The molecule has 0 aliphatic carbocycles. The Kier molecular flexibility index (Phi) is 15.1. The Hall–Kier alpha value is -3.67. The summed E-state index contributed by atoms with van der Waals surface area (Å²) in [5, 5.41) is 18.3. The molecule has 4 rings (SSSR count). The lowest BCUT2D eigenvalue weighted by atomic mass is 9.78. The van der Waals surface area contributed by atoms with Crippen molar-refractivity contribution in [1.29, 1.82) is 0 Å². The van der Waals surface area contributed by atoms with E-state index in [4.69, 9.17) is 25.9 Å². The number of hydrogen-bond donors (Lipinski definition) is 3. The Balaban J connectivity index is 0.000000815. The van der Waals surface area contributed by atoms with Crippen molar-refractivity contribution in [3.05, 3.63) is 41.5 Å². The van der Waals surface area contributed by atoms with Gasteiger partial charge < -0.3 is 20.8 Å². The predicted molar refractivity (Wildman–Crippen MR) is 211 cm³/mol. The maximum absolute atomic E-state index is 13.5. The molecule has 0 spiro atoms. The summed E-state index contributed by atoms with van der Waals surface area (Å²) in [5.41, 5.74) is 9.73. The zero-order valence-corrected chi connectivity index (χ0v) is 33.2. The van der Waals surface area contributed by atoms with E-state index in [-0.39, 0.29) is 36.4 Å². The summed E-state index contributed by atoms with van der Waals surface area (Å²) >= 11 is 0. The number of aromatic nitrogens is 1. The van der Waals surface area contributed by atoms with Crippen LogP contribution < -0.4 is 5.73 Å². The van der Waals surface area contributed by atoms with Gasteiger partial charge in [0.15, 0.2) is 0 Å². The summed E-state index contributed by atoms with van der Waals surface area (Å²) in [5.74, 6) is -0.0796. The number of pyridine rings is 1. The third-order valence-corrected chi connectivity index (χ3v) is 10.6. The second kappa shape index (κ2) is 18.4. The molecule has 11 heteroatoms. The van der Waals surface area contributed by atoms with Crippen molar-refractivity contribution in [2.24, 2.45) is 15.8 Å². The molecular weight excluding hydrogens is 656 g/mol. The third-order valence-electron chi connectivity index (χ3n) is 10.6. The Morgan fingerprint density at radius 2 is 1.58 bits per heavy atom. The highest BCUT2D eigenvalue weighted by molar-refractivity contribution is 6.13. The van der Waals surface area contributed by atoms with E-state index in [1.165, 1.54) is 22.6 Å². The van der Waals surface area contributed by atoms with Crippen LogP contribution in [0.5, 0.6) is 0 Å². The van der Waals surface area contributed by atoms with Gasteiger partial charge in [0.05, 0.1) is 18.7 Å². The van der Waals surface area contributed by atoms with Crippen molar-refractivity contribution in [2.45, 2.75) is 113 Å². The molecule has 2 aliphatic rings. The van der Waals surface area contributed by atoms with E-state index in [1.807, 2.05) is 46.4 Å². The fraction of sp³-hybridized carbons (Fsp3) is 0.634. The number of aliphatic hydroxyl groups is 2. The first kappa shape index (κ1) is 42.7. The molecule has 11 nitrogen and oxygen atoms in total. The van der Waals surface area contributed by atoms with E-state index in [2.05, 4.69) is 43.9 Å². The highest BCUT2D eigenvalue weighted by Gasteiger charge is 2.44. The summed E-state index contributed by atoms with van der Waals surface area (Å²) in [6.07, 6.45) is 9.00. The van der Waals surface area contributed by atoms with Crippen molar-refractivity contribution < 1.29 is 24.6 Å². The number of benzene rings is 1. The molecule has 52 heavy (non-hydrogen) atoms. The van der Waals surface area contributed by atoms with Crippen LogP contribution in [0.2, 0.25) is 0 Å². The smallest absolute Gasteiger partial charge is 0.254 e. The number of aryl methyl sites for hydroxylation is 2. The van der Waals surface area contributed by atoms with Gasteiger partial charge in [-0.2, -0.15) is 0 Å². The van der Waals surface area contributed by atoms with Gasteiger partial charge in [0.25, 0.3) is 11.8 Å². The van der Waals surface area contributed by atoms with E-state index in [0.717, 1.165) is 86.0 Å². The van der Waals surface area contributed by atoms with Crippen LogP contribution in [0.1, 0.15) is 105 Å². The van der Waals surface area contributed by atoms with Crippen LogP contribution in [0.3, 0.4) is 0 Å². The maximum Gasteiger partial charge on any atom is 0.254 e. The number of nitrogens with zero attached hydrogens (tertiary/aromatic N) is 5. The molecule has 1 fully saturated rings. The number of nitrogens with two attached hydrogens (primary N) is 1. The molecule has 3 heterocycles. The highest BCUT2D eigenvalue weighted by Crippen LogP contribution is 2.36. The fourth-order valence-corrected chi connectivity index (χ4v) is 7.08. The number of aliphatic hydroxyl groups excluding tert-OH is 2. The van der Waals surface area contributed by atoms with Crippen molar-refractivity contribution in [3.63, 3.8) is 0 Å². The standard InChI is InChI=1S/C35H50N6O3.C6H14O2/c1-8-9-11-24(2)37-31-25(3)27-14-13-26(22-28(27)38-32(31)36)12-10-17-39-18-20-40(21-19-39)33(44)34(4,5)23-35(6,7)41-29(42)15-16-30(41)43;1-3-6(2,4-7)5-8/h13-16,22H,8-12,17-21,23H2,1-7H3,(H2,36,38);7-8H,3-5H2,1-2H3. The third kappa shape index (κ3) is 10.9. The van der Waals surface area contributed by atoms with Crippen LogP contribution in [0.25, 0.3) is 10.9 Å². The second-order valence-electron chi connectivity index (χ2n) is 16.2. The SMILES string of the molecule is CCC(C)(CO)CO.CCCCC(C)=Nc1c(N)nc2cc(CCCN3CCN(C(=O)C(C)(C)CC(C)(C)N4C(=O)C=CC4=O)CC3)ccc2c1C. The van der Waals surface area contributed by atoms with Gasteiger partial charge in [-0.05, 0) is 90.0 Å². The number of fused-ring (bicyclic) bond motifs is 1. The van der Waals surface area contributed by atoms with Gasteiger partial charge in [0.1, 0.15) is 11.5 Å². The van der Waals surface area contributed by atoms with E-state index < -0.39 is 11.0 Å². The molecule has 3 amide bonds. The van der Waals surface area contributed by atoms with Crippen LogP contribution in [0.15, 0.2) is 35.3 Å². The fourth-order valence-electron chi connectivity index (χ4n) is 7.08. The molecule has 0 radical (unpaired) electrons. The Morgan fingerprint density at radius 3 is 2.12 bits per heavy atom. The van der Waals surface area contributed by atoms with Gasteiger partial charge in [0, 0.05) is 65.8 Å². The number of carbonyl (C=O) groups is 3. The first-order valence-corrected chi connectivity index (χ1v) is 18.9. The van der Waals surface area contributed by atoms with Gasteiger partial charge >= 0.3 is 0 Å². The van der Waals surface area contributed by atoms with Crippen molar-refractivity contribution >= 4 is 45.8 Å².